The van der Waals surface area contributed by atoms with Crippen molar-refractivity contribution < 1.29 is 13.5 Å². The van der Waals surface area contributed by atoms with Crippen LogP contribution < -0.4 is 15.8 Å². The summed E-state index contributed by atoms with van der Waals surface area (Å²) in [5, 5.41) is 22.8. The first-order valence-corrected chi connectivity index (χ1v) is 15.1. The van der Waals surface area contributed by atoms with Gasteiger partial charge in [-0.3, -0.25) is 5.41 Å². The van der Waals surface area contributed by atoms with Gasteiger partial charge in [0, 0.05) is 33.9 Å². The Hall–Kier alpha value is -3.31. The fourth-order valence-corrected chi connectivity index (χ4v) is 6.35. The van der Waals surface area contributed by atoms with Gasteiger partial charge in [-0.1, -0.05) is 52.4 Å². The van der Waals surface area contributed by atoms with Crippen molar-refractivity contribution in [1.29, 1.82) is 10.7 Å². The first-order valence-electron chi connectivity index (χ1n) is 14.3. The largest absolute Gasteiger partial charge is 0.483 e. The number of benzene rings is 2. The van der Waals surface area contributed by atoms with E-state index >= 15 is 4.39 Å². The predicted molar refractivity (Wildman–Crippen MR) is 165 cm³/mol. The molecule has 1 heterocycles. The van der Waals surface area contributed by atoms with E-state index in [9.17, 15) is 9.65 Å². The summed E-state index contributed by atoms with van der Waals surface area (Å²) in [7, 11) is 1.58. The molecule has 8 heteroatoms. The third-order valence-corrected chi connectivity index (χ3v) is 8.55. The molecule has 1 aliphatic heterocycles. The number of nitrogens with zero attached hydrogens (tertiary/aromatic N) is 2. The number of methoxy groups -OCH3 is 1. The van der Waals surface area contributed by atoms with Gasteiger partial charge in [-0.05, 0) is 74.4 Å². The summed E-state index contributed by atoms with van der Waals surface area (Å²) in [6.07, 6.45) is 4.77. The molecule has 5 nitrogen and oxygen atoms in total. The predicted octanol–water partition coefficient (Wildman–Crippen LogP) is 7.23. The molecule has 2 N–H and O–H groups in total. The van der Waals surface area contributed by atoms with Gasteiger partial charge in [0.05, 0.1) is 23.3 Å². The zero-order valence-corrected chi connectivity index (χ0v) is 26.2. The second-order valence-electron chi connectivity index (χ2n) is 11.1. The molecule has 0 saturated carbocycles. The molecule has 0 amide bonds. The van der Waals surface area contributed by atoms with Crippen LogP contribution in [0.2, 0.25) is 0 Å². The second kappa shape index (κ2) is 14.0. The van der Waals surface area contributed by atoms with Gasteiger partial charge in [0.15, 0.2) is 5.88 Å². The van der Waals surface area contributed by atoms with Crippen LogP contribution in [0.3, 0.4) is 0 Å². The summed E-state index contributed by atoms with van der Waals surface area (Å²) in [5.41, 5.74) is 1.63. The molecule has 0 radical (unpaired) electrons. The first kappa shape index (κ1) is 32.2. The van der Waals surface area contributed by atoms with Gasteiger partial charge in [0.2, 0.25) is 0 Å². The quantitative estimate of drug-likeness (QED) is 0.275. The molecule has 0 saturated heterocycles. The molecule has 1 atom stereocenters. The Kier molecular flexibility index (Phi) is 11.0. The number of halogens is 2. The maximum atomic E-state index is 16.2. The highest BCUT2D eigenvalue weighted by Crippen LogP contribution is 2.29. The standard InChI is InChI=1S/C33H42F2N4OS/c1-9-11-30(40-8)38-28-17-24(22-13-14-26(34)32-31(22)25(18-36)33(37)41-32)27(35)16-23(28)21(7)39(10-2)29(20(5)6)15-12-19(3)4/h11,13-14,16-17,19-20,29,37-38H,9-10,12,15H2,1-8H3/b23-21+,24-22+,30-11-,37-33?. The molecule has 2 aromatic carbocycles. The van der Waals surface area contributed by atoms with Gasteiger partial charge in [-0.2, -0.15) is 5.26 Å². The number of thioether (sulfide) groups is 1. The molecule has 0 aliphatic carbocycles. The Labute approximate surface area is 246 Å². The van der Waals surface area contributed by atoms with Crippen LogP contribution in [0.15, 0.2) is 41.1 Å². The Bertz CT molecular complexity index is 1590. The van der Waals surface area contributed by atoms with Crippen molar-refractivity contribution in [2.45, 2.75) is 78.7 Å². The number of nitriles is 1. The van der Waals surface area contributed by atoms with Gasteiger partial charge in [-0.25, -0.2) is 8.78 Å². The van der Waals surface area contributed by atoms with Crippen molar-refractivity contribution in [1.82, 2.24) is 4.90 Å². The average molecular weight is 581 g/mol. The average Bonchev–Trinajstić information content (AvgIpc) is 3.27. The van der Waals surface area contributed by atoms with Crippen LogP contribution in [0.1, 0.15) is 67.7 Å². The summed E-state index contributed by atoms with van der Waals surface area (Å²) in [6.45, 7) is 15.8. The molecule has 0 spiro atoms. The fraction of sp³-hybridized carbons (Fsp3) is 0.455. The lowest BCUT2D eigenvalue weighted by Gasteiger charge is -2.37. The van der Waals surface area contributed by atoms with Crippen molar-refractivity contribution in [3.8, 4) is 6.07 Å². The number of anilines is 1. The van der Waals surface area contributed by atoms with Crippen LogP contribution in [0.5, 0.6) is 0 Å². The van der Waals surface area contributed by atoms with E-state index in [1.807, 2.05) is 26.0 Å². The summed E-state index contributed by atoms with van der Waals surface area (Å²) < 4.78 is 36.5. The molecule has 1 unspecified atom stereocenters. The minimum Gasteiger partial charge on any atom is -0.483 e. The lowest BCUT2D eigenvalue weighted by Crippen LogP contribution is -2.39. The number of rotatable bonds is 11. The summed E-state index contributed by atoms with van der Waals surface area (Å²) in [6, 6.07) is 8.28. The minimum absolute atomic E-state index is 0.0411. The lowest BCUT2D eigenvalue weighted by molar-refractivity contribution is 0.215. The van der Waals surface area contributed by atoms with E-state index in [0.717, 1.165) is 43.3 Å². The van der Waals surface area contributed by atoms with E-state index in [-0.39, 0.29) is 32.0 Å². The van der Waals surface area contributed by atoms with Gasteiger partial charge < -0.3 is 15.0 Å². The van der Waals surface area contributed by atoms with E-state index in [2.05, 4.69) is 44.8 Å². The monoisotopic (exact) mass is 580 g/mol. The third kappa shape index (κ3) is 6.95. The molecule has 41 heavy (non-hydrogen) atoms. The Morgan fingerprint density at radius 2 is 1.83 bits per heavy atom. The van der Waals surface area contributed by atoms with Gasteiger partial charge in [0.25, 0.3) is 0 Å². The van der Waals surface area contributed by atoms with Crippen molar-refractivity contribution in [2.24, 2.45) is 11.8 Å². The molecule has 0 bridgehead atoms. The highest BCUT2D eigenvalue weighted by Gasteiger charge is 2.24. The topological polar surface area (TPSA) is 72.1 Å². The smallest absolute Gasteiger partial charge is 0.186 e. The number of hydrogen-bond acceptors (Lipinski definition) is 6. The van der Waals surface area contributed by atoms with Crippen LogP contribution in [0, 0.1) is 50.6 Å². The zero-order valence-electron chi connectivity index (χ0n) is 25.4. The van der Waals surface area contributed by atoms with Gasteiger partial charge in [-0.15, -0.1) is 0 Å². The van der Waals surface area contributed by atoms with Crippen molar-refractivity contribution in [2.75, 3.05) is 19.0 Å². The van der Waals surface area contributed by atoms with Crippen molar-refractivity contribution in [3.63, 3.8) is 0 Å². The van der Waals surface area contributed by atoms with Gasteiger partial charge >= 0.3 is 0 Å². The van der Waals surface area contributed by atoms with E-state index in [0.29, 0.717) is 33.8 Å². The summed E-state index contributed by atoms with van der Waals surface area (Å²) >= 11 is 0.888. The fourth-order valence-electron chi connectivity index (χ4n) is 5.42. The molecular weight excluding hydrogens is 538 g/mol. The Morgan fingerprint density at radius 1 is 1.12 bits per heavy atom. The molecule has 1 aliphatic rings. The normalized spacial score (nSPS) is 15.6. The Balaban J connectivity index is 2.47. The number of nitrogens with one attached hydrogen (secondary N) is 2. The minimum atomic E-state index is -0.532. The van der Waals surface area contributed by atoms with Crippen LogP contribution in [0.25, 0.3) is 11.3 Å². The van der Waals surface area contributed by atoms with Crippen LogP contribution in [-0.4, -0.2) is 29.6 Å². The number of ether oxygens (including phenoxy) is 1. The zero-order chi connectivity index (χ0) is 30.4. The molecule has 220 valence electrons. The first-order chi connectivity index (χ1) is 19.5. The summed E-state index contributed by atoms with van der Waals surface area (Å²) in [4.78, 5) is 2.54. The third-order valence-electron chi connectivity index (χ3n) is 7.54. The maximum Gasteiger partial charge on any atom is 0.186 e. The van der Waals surface area contributed by atoms with Crippen LogP contribution >= 0.6 is 11.8 Å². The Morgan fingerprint density at radius 3 is 2.39 bits per heavy atom. The molecule has 2 aromatic rings. The highest BCUT2D eigenvalue weighted by atomic mass is 32.2. The van der Waals surface area contributed by atoms with Crippen LogP contribution in [-0.2, 0) is 4.74 Å². The van der Waals surface area contributed by atoms with Crippen molar-refractivity contribution >= 4 is 33.8 Å². The number of hydrogen-bond donors (Lipinski definition) is 2. The van der Waals surface area contributed by atoms with E-state index in [1.165, 1.54) is 18.2 Å². The van der Waals surface area contributed by atoms with Crippen LogP contribution in [0.4, 0.5) is 14.5 Å². The SMILES string of the molecule is CC/C=C(/Nc1c/c(=c2/ccc(F)c3c2=C(C#N)C(=N)S3)c(F)c/c1=C(/C)N(CC)C(CCC(C)C)C(C)C)OC. The lowest BCUT2D eigenvalue weighted by atomic mass is 9.93. The maximum absolute atomic E-state index is 16.2. The molecule has 3 rings (SSSR count). The van der Waals surface area contributed by atoms with E-state index in [1.54, 1.807) is 13.2 Å². The number of fused-ring (bicyclic) bond motifs is 1. The van der Waals surface area contributed by atoms with Crippen molar-refractivity contribution in [3.05, 3.63) is 68.7 Å². The highest BCUT2D eigenvalue weighted by molar-refractivity contribution is 8.15. The molecule has 0 aromatic heterocycles. The molecule has 0 fully saturated rings. The molecular formula is C33H42F2N4OS. The van der Waals surface area contributed by atoms with Gasteiger partial charge in [0.1, 0.15) is 22.7 Å². The van der Waals surface area contributed by atoms with E-state index in [4.69, 9.17) is 10.1 Å². The van der Waals surface area contributed by atoms with E-state index < -0.39 is 11.6 Å². The second-order valence-corrected chi connectivity index (χ2v) is 12.1. The number of allylic oxidation sites excluding steroid dienone is 1. The summed E-state index contributed by atoms with van der Waals surface area (Å²) in [5.74, 6) is 0.495.